The number of anilines is 1. The average molecular weight is 393 g/mol. The molecule has 0 atom stereocenters. The van der Waals surface area contributed by atoms with Crippen LogP contribution in [0.3, 0.4) is 0 Å². The van der Waals surface area contributed by atoms with Crippen molar-refractivity contribution >= 4 is 46.5 Å². The average Bonchev–Trinajstić information content (AvgIpc) is 3.18. The minimum Gasteiger partial charge on any atom is -0.465 e. The molecule has 0 aliphatic carbocycles. The van der Waals surface area contributed by atoms with Crippen molar-refractivity contribution in [2.45, 2.75) is 6.54 Å². The summed E-state index contributed by atoms with van der Waals surface area (Å²) in [5.41, 5.74) is 3.07. The zero-order valence-corrected chi connectivity index (χ0v) is 14.6. The Morgan fingerprint density at radius 1 is 1.26 bits per heavy atom. The lowest BCUT2D eigenvalue weighted by Gasteiger charge is -2.11. The third-order valence-electron chi connectivity index (χ3n) is 3.46. The molecule has 12 nitrogen and oxygen atoms in total. The first-order chi connectivity index (χ1) is 12.9. The summed E-state index contributed by atoms with van der Waals surface area (Å²) in [6, 6.07) is 1.47. The van der Waals surface area contributed by atoms with Crippen molar-refractivity contribution in [3.8, 4) is 0 Å². The number of carbonyl (C=O) groups excluding carboxylic acids is 2. The van der Waals surface area contributed by atoms with Crippen molar-refractivity contribution in [1.29, 1.82) is 0 Å². The Balaban J connectivity index is 1.81. The number of halogens is 1. The minimum atomic E-state index is -1.30. The van der Waals surface area contributed by atoms with Gasteiger partial charge < -0.3 is 15.0 Å². The maximum atomic E-state index is 12.4. The molecule has 0 radical (unpaired) electrons. The number of nitrogens with zero attached hydrogens (tertiary/aromatic N) is 5. The van der Waals surface area contributed by atoms with E-state index in [0.29, 0.717) is 0 Å². The fraction of sp³-hybridized carbons (Fsp3) is 0.143. The number of carbonyl (C=O) groups is 3. The fourth-order valence-corrected chi connectivity index (χ4v) is 2.58. The largest absolute Gasteiger partial charge is 0.465 e. The van der Waals surface area contributed by atoms with Crippen molar-refractivity contribution in [3.05, 3.63) is 35.6 Å². The number of carboxylic acid groups (broad SMARTS) is 1. The first kappa shape index (κ1) is 18.1. The third-order valence-corrected chi connectivity index (χ3v) is 3.77. The van der Waals surface area contributed by atoms with Gasteiger partial charge in [0.2, 0.25) is 0 Å². The van der Waals surface area contributed by atoms with Gasteiger partial charge in [0.05, 0.1) is 11.3 Å². The number of aromatic nitrogens is 5. The van der Waals surface area contributed by atoms with Crippen molar-refractivity contribution in [2.24, 2.45) is 0 Å². The molecule has 3 heterocycles. The maximum Gasteiger partial charge on any atom is 0.410 e. The first-order valence-corrected chi connectivity index (χ1v) is 7.83. The van der Waals surface area contributed by atoms with E-state index in [1.54, 1.807) is 0 Å². The van der Waals surface area contributed by atoms with Gasteiger partial charge in [-0.15, -0.1) is 0 Å². The lowest BCUT2D eigenvalue weighted by Crippen LogP contribution is -2.31. The summed E-state index contributed by atoms with van der Waals surface area (Å²) < 4.78 is 2.61. The molecule has 27 heavy (non-hydrogen) atoms. The first-order valence-electron chi connectivity index (χ1n) is 7.45. The van der Waals surface area contributed by atoms with Crippen LogP contribution in [0.25, 0.3) is 11.2 Å². The highest BCUT2D eigenvalue weighted by Crippen LogP contribution is 2.18. The molecule has 0 aromatic carbocycles. The monoisotopic (exact) mass is 392 g/mol. The molecule has 0 unspecified atom stereocenters. The number of nitrogens with one attached hydrogen (secondary N) is 3. The molecule has 0 saturated heterocycles. The number of hydrogen-bond donors (Lipinski definition) is 4. The summed E-state index contributed by atoms with van der Waals surface area (Å²) in [4.78, 5) is 46.9. The van der Waals surface area contributed by atoms with E-state index in [1.165, 1.54) is 34.9 Å². The van der Waals surface area contributed by atoms with E-state index >= 15 is 0 Å². The standard InChI is InChI=1S/C14H13ClN8O4/c1-16-13(25)10-7(15)2-3-23(10)21-8(24)4-22-6-19-9-11(20-14(26)27)17-5-18-12(9)22/h2-3,5-6H,4H2,1H3,(H,16,25)(H,21,24)(H,26,27)(H,17,18,20). The summed E-state index contributed by atoms with van der Waals surface area (Å²) in [5, 5.41) is 13.5. The quantitative estimate of drug-likeness (QED) is 0.492. The van der Waals surface area contributed by atoms with Crippen molar-refractivity contribution in [2.75, 3.05) is 17.8 Å². The van der Waals surface area contributed by atoms with Crippen LogP contribution in [0.1, 0.15) is 10.5 Å². The SMILES string of the molecule is CNC(=O)c1c(Cl)ccn1NC(=O)Cn1cnc2c(NC(=O)O)ncnc21. The maximum absolute atomic E-state index is 12.4. The lowest BCUT2D eigenvalue weighted by atomic mass is 10.4. The highest BCUT2D eigenvalue weighted by molar-refractivity contribution is 6.33. The molecule has 0 bridgehead atoms. The summed E-state index contributed by atoms with van der Waals surface area (Å²) in [5.74, 6) is -0.945. The van der Waals surface area contributed by atoms with Crippen LogP contribution in [0.5, 0.6) is 0 Å². The smallest absolute Gasteiger partial charge is 0.410 e. The molecule has 0 fully saturated rings. The molecule has 0 spiro atoms. The van der Waals surface area contributed by atoms with Gasteiger partial charge in [-0.1, -0.05) is 11.6 Å². The molecular weight excluding hydrogens is 380 g/mol. The number of amides is 3. The number of imidazole rings is 1. The molecule has 4 N–H and O–H groups in total. The van der Waals surface area contributed by atoms with E-state index in [2.05, 4.69) is 31.0 Å². The van der Waals surface area contributed by atoms with Crippen LogP contribution < -0.4 is 16.1 Å². The predicted molar refractivity (Wildman–Crippen MR) is 94.2 cm³/mol. The lowest BCUT2D eigenvalue weighted by molar-refractivity contribution is -0.117. The topological polar surface area (TPSA) is 156 Å². The second-order valence-electron chi connectivity index (χ2n) is 5.19. The van der Waals surface area contributed by atoms with E-state index in [1.807, 2.05) is 0 Å². The Kier molecular flexibility index (Phi) is 4.90. The van der Waals surface area contributed by atoms with Crippen LogP contribution in [-0.4, -0.2) is 54.3 Å². The zero-order chi connectivity index (χ0) is 19.6. The van der Waals surface area contributed by atoms with Gasteiger partial charge in [0.15, 0.2) is 17.0 Å². The van der Waals surface area contributed by atoms with Crippen LogP contribution in [0, 0.1) is 0 Å². The van der Waals surface area contributed by atoms with Gasteiger partial charge in [0.1, 0.15) is 18.6 Å². The third kappa shape index (κ3) is 3.64. The molecular formula is C14H13ClN8O4. The Morgan fingerprint density at radius 2 is 2.04 bits per heavy atom. The van der Waals surface area contributed by atoms with Gasteiger partial charge in [-0.3, -0.25) is 25.0 Å². The van der Waals surface area contributed by atoms with E-state index < -0.39 is 17.9 Å². The molecule has 13 heteroatoms. The molecule has 3 rings (SSSR count). The van der Waals surface area contributed by atoms with Gasteiger partial charge in [-0.2, -0.15) is 0 Å². The van der Waals surface area contributed by atoms with Crippen molar-refractivity contribution in [3.63, 3.8) is 0 Å². The van der Waals surface area contributed by atoms with Crippen LogP contribution in [0.2, 0.25) is 5.02 Å². The fourth-order valence-electron chi connectivity index (χ4n) is 2.35. The minimum absolute atomic E-state index is 0.00533. The van der Waals surface area contributed by atoms with Crippen LogP contribution in [-0.2, 0) is 11.3 Å². The number of hydrogen-bond acceptors (Lipinski definition) is 6. The molecule has 0 aliphatic rings. The summed E-state index contributed by atoms with van der Waals surface area (Å²) >= 11 is 5.96. The van der Waals surface area contributed by atoms with Gasteiger partial charge in [-0.25, -0.2) is 19.7 Å². The molecule has 140 valence electrons. The van der Waals surface area contributed by atoms with Crippen LogP contribution >= 0.6 is 11.6 Å². The summed E-state index contributed by atoms with van der Waals surface area (Å²) in [6.07, 6.45) is 2.62. The van der Waals surface area contributed by atoms with Crippen LogP contribution in [0.15, 0.2) is 24.9 Å². The number of rotatable bonds is 5. The molecule has 3 aromatic heterocycles. The second kappa shape index (κ2) is 7.29. The van der Waals surface area contributed by atoms with Crippen molar-refractivity contribution in [1.82, 2.24) is 29.5 Å². The number of fused-ring (bicyclic) bond motifs is 1. The van der Waals surface area contributed by atoms with Gasteiger partial charge in [-0.05, 0) is 6.07 Å². The Labute approximate surface area is 156 Å². The van der Waals surface area contributed by atoms with Gasteiger partial charge in [0, 0.05) is 13.2 Å². The second-order valence-corrected chi connectivity index (χ2v) is 5.60. The Hall–Kier alpha value is -3.67. The van der Waals surface area contributed by atoms with E-state index in [9.17, 15) is 14.4 Å². The Morgan fingerprint density at radius 3 is 2.74 bits per heavy atom. The zero-order valence-electron chi connectivity index (χ0n) is 13.8. The highest BCUT2D eigenvalue weighted by Gasteiger charge is 2.18. The Bertz CT molecular complexity index is 1040. The summed E-state index contributed by atoms with van der Waals surface area (Å²) in [7, 11) is 1.44. The van der Waals surface area contributed by atoms with E-state index in [-0.39, 0.29) is 34.2 Å². The predicted octanol–water partition coefficient (Wildman–Crippen LogP) is 0.501. The van der Waals surface area contributed by atoms with E-state index in [4.69, 9.17) is 16.7 Å². The van der Waals surface area contributed by atoms with E-state index in [0.717, 1.165) is 6.33 Å². The molecule has 3 amide bonds. The normalized spacial score (nSPS) is 10.6. The van der Waals surface area contributed by atoms with Crippen molar-refractivity contribution < 1.29 is 19.5 Å². The molecule has 0 aliphatic heterocycles. The summed E-state index contributed by atoms with van der Waals surface area (Å²) in [6.45, 7) is -0.191. The van der Waals surface area contributed by atoms with Gasteiger partial charge >= 0.3 is 6.09 Å². The van der Waals surface area contributed by atoms with Gasteiger partial charge in [0.25, 0.3) is 11.8 Å². The molecule has 3 aromatic rings. The highest BCUT2D eigenvalue weighted by atomic mass is 35.5. The van der Waals surface area contributed by atoms with Crippen LogP contribution in [0.4, 0.5) is 10.6 Å². The molecule has 0 saturated carbocycles.